The molecule has 0 fully saturated rings. The van der Waals surface area contributed by atoms with E-state index in [1.54, 1.807) is 6.26 Å². The molecule has 0 amide bonds. The first-order chi connectivity index (χ1) is 10.1. The van der Waals surface area contributed by atoms with Crippen LogP contribution in [0.2, 0.25) is 0 Å². The smallest absolute Gasteiger partial charge is 0.191 e. The molecule has 0 aliphatic heterocycles. The van der Waals surface area contributed by atoms with Gasteiger partial charge < -0.3 is 15.1 Å². The molecule has 21 heavy (non-hydrogen) atoms. The van der Waals surface area contributed by atoms with Crippen LogP contribution in [-0.2, 0) is 20.1 Å². The molecule has 2 heterocycles. The molecule has 0 aliphatic carbocycles. The monoisotopic (exact) mass is 289 g/mol. The molecule has 0 radical (unpaired) electrons. The first-order valence-corrected chi connectivity index (χ1v) is 7.15. The number of furan rings is 1. The van der Waals surface area contributed by atoms with Crippen LogP contribution in [0.3, 0.4) is 0 Å². The number of hydrogen-bond acceptors (Lipinski definition) is 3. The summed E-state index contributed by atoms with van der Waals surface area (Å²) in [5.41, 5.74) is 3.35. The van der Waals surface area contributed by atoms with E-state index in [-0.39, 0.29) is 0 Å². The van der Waals surface area contributed by atoms with Crippen LogP contribution in [0.1, 0.15) is 29.6 Å². The van der Waals surface area contributed by atoms with Crippen molar-refractivity contribution in [2.75, 3.05) is 6.54 Å². The van der Waals surface area contributed by atoms with E-state index in [4.69, 9.17) is 4.42 Å². The third-order valence-electron chi connectivity index (χ3n) is 3.41. The molecular formula is C15H23N5O. The van der Waals surface area contributed by atoms with Crippen molar-refractivity contribution in [2.45, 2.75) is 33.9 Å². The van der Waals surface area contributed by atoms with Gasteiger partial charge in [0, 0.05) is 24.8 Å². The minimum Gasteiger partial charge on any atom is -0.467 e. The lowest BCUT2D eigenvalue weighted by Crippen LogP contribution is -2.36. The Morgan fingerprint density at radius 3 is 2.76 bits per heavy atom. The second-order valence-electron chi connectivity index (χ2n) is 4.90. The van der Waals surface area contributed by atoms with Gasteiger partial charge in [-0.15, -0.1) is 0 Å². The Hall–Kier alpha value is -2.24. The summed E-state index contributed by atoms with van der Waals surface area (Å²) in [7, 11) is 1.95. The zero-order valence-electron chi connectivity index (χ0n) is 13.1. The van der Waals surface area contributed by atoms with Crippen LogP contribution in [0.5, 0.6) is 0 Å². The van der Waals surface area contributed by atoms with E-state index in [9.17, 15) is 0 Å². The quantitative estimate of drug-likeness (QED) is 0.651. The first-order valence-electron chi connectivity index (χ1n) is 7.15. The highest BCUT2D eigenvalue weighted by Crippen LogP contribution is 2.12. The minimum absolute atomic E-state index is 0.610. The normalized spacial score (nSPS) is 11.7. The molecule has 0 atom stereocenters. The Balaban J connectivity index is 2.03. The fourth-order valence-electron chi connectivity index (χ4n) is 2.13. The molecule has 2 aromatic heterocycles. The van der Waals surface area contributed by atoms with Gasteiger partial charge in [0.05, 0.1) is 25.0 Å². The molecule has 0 aliphatic rings. The van der Waals surface area contributed by atoms with Gasteiger partial charge in [-0.25, -0.2) is 4.99 Å². The van der Waals surface area contributed by atoms with E-state index in [0.29, 0.717) is 13.1 Å². The van der Waals surface area contributed by atoms with Crippen molar-refractivity contribution >= 4 is 5.96 Å². The molecule has 114 valence electrons. The highest BCUT2D eigenvalue weighted by molar-refractivity contribution is 5.79. The molecule has 0 aromatic carbocycles. The van der Waals surface area contributed by atoms with E-state index < -0.39 is 0 Å². The maximum Gasteiger partial charge on any atom is 0.191 e. The van der Waals surface area contributed by atoms with Crippen molar-refractivity contribution < 1.29 is 4.42 Å². The van der Waals surface area contributed by atoms with Crippen LogP contribution in [0, 0.1) is 13.8 Å². The van der Waals surface area contributed by atoms with Gasteiger partial charge in [0.1, 0.15) is 5.76 Å². The van der Waals surface area contributed by atoms with Crippen LogP contribution in [0.15, 0.2) is 27.8 Å². The van der Waals surface area contributed by atoms with Crippen molar-refractivity contribution in [3.8, 4) is 0 Å². The molecule has 6 nitrogen and oxygen atoms in total. The Labute approximate surface area is 125 Å². The lowest BCUT2D eigenvalue weighted by Gasteiger charge is -2.10. The molecule has 0 saturated carbocycles. The van der Waals surface area contributed by atoms with E-state index in [1.165, 1.54) is 5.56 Å². The van der Waals surface area contributed by atoms with Gasteiger partial charge in [0.2, 0.25) is 0 Å². The molecule has 2 aromatic rings. The predicted molar refractivity (Wildman–Crippen MR) is 83.0 cm³/mol. The van der Waals surface area contributed by atoms with Gasteiger partial charge >= 0.3 is 0 Å². The second-order valence-corrected chi connectivity index (χ2v) is 4.90. The molecule has 2 rings (SSSR count). The summed E-state index contributed by atoms with van der Waals surface area (Å²) in [6.45, 7) is 8.16. The summed E-state index contributed by atoms with van der Waals surface area (Å²) in [4.78, 5) is 4.62. The molecule has 0 saturated heterocycles. The molecule has 0 bridgehead atoms. The fourth-order valence-corrected chi connectivity index (χ4v) is 2.13. The predicted octanol–water partition coefficient (Wildman–Crippen LogP) is 1.89. The summed E-state index contributed by atoms with van der Waals surface area (Å²) >= 11 is 0. The van der Waals surface area contributed by atoms with Gasteiger partial charge in [-0.3, -0.25) is 4.68 Å². The van der Waals surface area contributed by atoms with E-state index in [1.807, 2.05) is 37.7 Å². The van der Waals surface area contributed by atoms with Gasteiger partial charge in [-0.2, -0.15) is 5.10 Å². The van der Waals surface area contributed by atoms with E-state index in [0.717, 1.165) is 29.7 Å². The van der Waals surface area contributed by atoms with Gasteiger partial charge in [-0.1, -0.05) is 0 Å². The number of guanidine groups is 1. The Morgan fingerprint density at radius 2 is 2.19 bits per heavy atom. The van der Waals surface area contributed by atoms with Crippen molar-refractivity contribution in [3.05, 3.63) is 41.1 Å². The molecule has 0 spiro atoms. The summed E-state index contributed by atoms with van der Waals surface area (Å²) in [6, 6.07) is 3.81. The number of hydrogen-bond donors (Lipinski definition) is 2. The lowest BCUT2D eigenvalue weighted by molar-refractivity contribution is 0.501. The van der Waals surface area contributed by atoms with Crippen molar-refractivity contribution in [2.24, 2.45) is 12.0 Å². The number of rotatable bonds is 5. The molecule has 0 unspecified atom stereocenters. The second kappa shape index (κ2) is 6.97. The maximum atomic E-state index is 5.31. The molecule has 6 heteroatoms. The van der Waals surface area contributed by atoms with E-state index in [2.05, 4.69) is 27.6 Å². The Morgan fingerprint density at radius 1 is 1.38 bits per heavy atom. The number of nitrogens with zero attached hydrogens (tertiary/aromatic N) is 3. The average molecular weight is 289 g/mol. The number of aromatic nitrogens is 2. The Bertz CT molecular complexity index is 598. The van der Waals surface area contributed by atoms with Crippen molar-refractivity contribution in [1.82, 2.24) is 20.4 Å². The molecule has 2 N–H and O–H groups in total. The summed E-state index contributed by atoms with van der Waals surface area (Å²) in [6.07, 6.45) is 1.67. The van der Waals surface area contributed by atoms with Gasteiger partial charge in [0.25, 0.3) is 0 Å². The van der Waals surface area contributed by atoms with Crippen molar-refractivity contribution in [3.63, 3.8) is 0 Å². The fraction of sp³-hybridized carbons (Fsp3) is 0.467. The summed E-state index contributed by atoms with van der Waals surface area (Å²) in [5, 5.41) is 10.9. The highest BCUT2D eigenvalue weighted by Gasteiger charge is 2.09. The van der Waals surface area contributed by atoms with Crippen LogP contribution < -0.4 is 10.6 Å². The third-order valence-corrected chi connectivity index (χ3v) is 3.41. The third kappa shape index (κ3) is 3.87. The lowest BCUT2D eigenvalue weighted by atomic mass is 10.2. The highest BCUT2D eigenvalue weighted by atomic mass is 16.3. The number of nitrogens with one attached hydrogen (secondary N) is 2. The van der Waals surface area contributed by atoms with Gasteiger partial charge in [0.15, 0.2) is 5.96 Å². The summed E-state index contributed by atoms with van der Waals surface area (Å²) < 4.78 is 7.20. The SMILES string of the molecule is CCNC(=NCc1c(C)nn(C)c1C)NCc1ccco1. The standard InChI is InChI=1S/C15H23N5O/c1-5-16-15(17-9-13-7-6-8-21-13)18-10-14-11(2)19-20(4)12(14)3/h6-8H,5,9-10H2,1-4H3,(H2,16,17,18). The molecular weight excluding hydrogens is 266 g/mol. The van der Waals surface area contributed by atoms with Crippen LogP contribution >= 0.6 is 0 Å². The zero-order valence-corrected chi connectivity index (χ0v) is 13.1. The zero-order chi connectivity index (χ0) is 15.2. The topological polar surface area (TPSA) is 67.4 Å². The largest absolute Gasteiger partial charge is 0.467 e. The van der Waals surface area contributed by atoms with Crippen LogP contribution in [0.25, 0.3) is 0 Å². The maximum absolute atomic E-state index is 5.31. The van der Waals surface area contributed by atoms with E-state index >= 15 is 0 Å². The first kappa shape index (κ1) is 15.2. The van der Waals surface area contributed by atoms with Crippen molar-refractivity contribution in [1.29, 1.82) is 0 Å². The van der Waals surface area contributed by atoms with Crippen LogP contribution in [-0.4, -0.2) is 22.3 Å². The average Bonchev–Trinajstić information content (AvgIpc) is 3.04. The number of aryl methyl sites for hydroxylation is 2. The summed E-state index contributed by atoms with van der Waals surface area (Å²) in [5.74, 6) is 1.66. The minimum atomic E-state index is 0.610. The Kier molecular flexibility index (Phi) is 5.03. The van der Waals surface area contributed by atoms with Gasteiger partial charge in [-0.05, 0) is 32.9 Å². The number of aliphatic imine (C=N–C) groups is 1. The van der Waals surface area contributed by atoms with Crippen LogP contribution in [0.4, 0.5) is 0 Å².